The number of halogens is 3. The largest absolute Gasteiger partial charge is 0.481 e. The third-order valence-electron chi connectivity index (χ3n) is 3.74. The fourth-order valence-corrected chi connectivity index (χ4v) is 2.79. The normalized spacial score (nSPS) is 18.8. The molecule has 0 atom stereocenters. The van der Waals surface area contributed by atoms with Crippen molar-refractivity contribution in [2.45, 2.75) is 30.9 Å². The van der Waals surface area contributed by atoms with Crippen molar-refractivity contribution in [2.75, 3.05) is 13.2 Å². The zero-order chi connectivity index (χ0) is 14.8. The maximum absolute atomic E-state index is 13.1. The van der Waals surface area contributed by atoms with E-state index in [1.54, 1.807) is 0 Å². The van der Waals surface area contributed by atoms with Crippen LogP contribution >= 0.6 is 0 Å². The molecule has 1 aliphatic rings. The van der Waals surface area contributed by atoms with E-state index < -0.39 is 23.1 Å². The predicted octanol–water partition coefficient (Wildman–Crippen LogP) is 3.23. The van der Waals surface area contributed by atoms with Gasteiger partial charge in [-0.15, -0.1) is 0 Å². The van der Waals surface area contributed by atoms with Crippen molar-refractivity contribution in [3.8, 4) is 0 Å². The monoisotopic (exact) mass is 288 g/mol. The lowest BCUT2D eigenvalue weighted by Gasteiger charge is -2.38. The molecule has 2 rings (SSSR count). The summed E-state index contributed by atoms with van der Waals surface area (Å²) in [6.07, 6.45) is -4.23. The van der Waals surface area contributed by atoms with Crippen molar-refractivity contribution in [1.29, 1.82) is 0 Å². The van der Waals surface area contributed by atoms with Gasteiger partial charge in [0, 0.05) is 18.6 Å². The highest BCUT2D eigenvalue weighted by Gasteiger charge is 2.43. The average Bonchev–Trinajstić information content (AvgIpc) is 2.38. The number of hydrogen-bond donors (Lipinski definition) is 1. The summed E-state index contributed by atoms with van der Waals surface area (Å²) in [6.45, 7) is 0.555. The van der Waals surface area contributed by atoms with Crippen molar-refractivity contribution in [1.82, 2.24) is 0 Å². The van der Waals surface area contributed by atoms with Gasteiger partial charge in [-0.3, -0.25) is 4.79 Å². The molecule has 0 spiro atoms. The first-order valence-electron chi connectivity index (χ1n) is 6.31. The van der Waals surface area contributed by atoms with Gasteiger partial charge in [0.15, 0.2) is 0 Å². The molecule has 1 fully saturated rings. The number of carbonyl (C=O) groups is 1. The highest BCUT2D eigenvalue weighted by Crippen LogP contribution is 2.44. The van der Waals surface area contributed by atoms with E-state index in [0.29, 0.717) is 0 Å². The zero-order valence-corrected chi connectivity index (χ0v) is 10.7. The predicted molar refractivity (Wildman–Crippen MR) is 65.4 cm³/mol. The highest BCUT2D eigenvalue weighted by atomic mass is 19.4. The third-order valence-corrected chi connectivity index (χ3v) is 3.74. The van der Waals surface area contributed by atoms with Crippen molar-refractivity contribution < 1.29 is 27.8 Å². The second-order valence-electron chi connectivity index (χ2n) is 5.01. The van der Waals surface area contributed by atoms with Gasteiger partial charge in [0.05, 0.1) is 12.0 Å². The Morgan fingerprint density at radius 1 is 1.25 bits per heavy atom. The summed E-state index contributed by atoms with van der Waals surface area (Å²) in [4.78, 5) is 11.1. The summed E-state index contributed by atoms with van der Waals surface area (Å²) < 4.78 is 44.6. The van der Waals surface area contributed by atoms with Crippen molar-refractivity contribution in [3.63, 3.8) is 0 Å². The van der Waals surface area contributed by atoms with Crippen LogP contribution in [0.2, 0.25) is 0 Å². The Bertz CT molecular complexity index is 491. The summed E-state index contributed by atoms with van der Waals surface area (Å²) in [6, 6.07) is 5.23. The number of rotatable bonds is 3. The van der Waals surface area contributed by atoms with E-state index in [9.17, 15) is 18.0 Å². The molecule has 1 heterocycles. The molecule has 3 nitrogen and oxygen atoms in total. The van der Waals surface area contributed by atoms with Gasteiger partial charge in [-0.2, -0.15) is 13.2 Å². The minimum absolute atomic E-state index is 0.0678. The van der Waals surface area contributed by atoms with Crippen molar-refractivity contribution in [3.05, 3.63) is 35.4 Å². The number of carboxylic acid groups (broad SMARTS) is 1. The van der Waals surface area contributed by atoms with E-state index in [-0.39, 0.29) is 38.0 Å². The smallest absolute Gasteiger partial charge is 0.416 e. The fourth-order valence-electron chi connectivity index (χ4n) is 2.79. The van der Waals surface area contributed by atoms with Gasteiger partial charge in [0.25, 0.3) is 0 Å². The summed E-state index contributed by atoms with van der Waals surface area (Å²) in [5, 5.41) is 9.06. The van der Waals surface area contributed by atoms with Crippen LogP contribution in [-0.4, -0.2) is 24.3 Å². The topological polar surface area (TPSA) is 46.5 Å². The van der Waals surface area contributed by atoms with Crippen LogP contribution in [0.25, 0.3) is 0 Å². The first-order chi connectivity index (χ1) is 9.35. The second-order valence-corrected chi connectivity index (χ2v) is 5.01. The lowest BCUT2D eigenvalue weighted by Crippen LogP contribution is -2.37. The third kappa shape index (κ3) is 2.95. The van der Waals surface area contributed by atoms with Gasteiger partial charge in [-0.1, -0.05) is 18.2 Å². The summed E-state index contributed by atoms with van der Waals surface area (Å²) in [5.41, 5.74) is -1.68. The van der Waals surface area contributed by atoms with E-state index in [0.717, 1.165) is 6.07 Å². The molecule has 0 amide bonds. The van der Waals surface area contributed by atoms with Crippen molar-refractivity contribution >= 4 is 5.97 Å². The number of hydrogen-bond acceptors (Lipinski definition) is 2. The number of carboxylic acids is 1. The minimum atomic E-state index is -4.49. The van der Waals surface area contributed by atoms with Crippen LogP contribution in [0.15, 0.2) is 24.3 Å². The standard InChI is InChI=1S/C14H15F3O3/c15-14(16,17)11-4-2-1-3-10(11)13(9-12(18)19)5-7-20-8-6-13/h1-4H,5-9H2,(H,18,19). The lowest BCUT2D eigenvalue weighted by atomic mass is 9.70. The van der Waals surface area contributed by atoms with E-state index in [4.69, 9.17) is 9.84 Å². The first kappa shape index (κ1) is 14.8. The Morgan fingerprint density at radius 3 is 2.40 bits per heavy atom. The Morgan fingerprint density at radius 2 is 1.85 bits per heavy atom. The van der Waals surface area contributed by atoms with Crippen molar-refractivity contribution in [2.24, 2.45) is 0 Å². The molecule has 0 aliphatic carbocycles. The molecule has 1 aromatic rings. The molecule has 1 aromatic carbocycles. The Labute approximate surface area is 114 Å². The number of alkyl halides is 3. The summed E-state index contributed by atoms with van der Waals surface area (Å²) >= 11 is 0. The van der Waals surface area contributed by atoms with E-state index in [1.165, 1.54) is 18.2 Å². The van der Waals surface area contributed by atoms with Crippen LogP contribution < -0.4 is 0 Å². The summed E-state index contributed by atoms with van der Waals surface area (Å²) in [7, 11) is 0. The molecular formula is C14H15F3O3. The first-order valence-corrected chi connectivity index (χ1v) is 6.31. The quantitative estimate of drug-likeness (QED) is 0.929. The molecule has 0 unspecified atom stereocenters. The van der Waals surface area contributed by atoms with Gasteiger partial charge in [0.1, 0.15) is 0 Å². The molecule has 0 bridgehead atoms. The van der Waals surface area contributed by atoms with Crippen LogP contribution in [0, 0.1) is 0 Å². The Kier molecular flexibility index (Phi) is 4.04. The van der Waals surface area contributed by atoms with Crippen LogP contribution in [0.3, 0.4) is 0 Å². The highest BCUT2D eigenvalue weighted by molar-refractivity contribution is 5.69. The van der Waals surface area contributed by atoms with Gasteiger partial charge in [-0.05, 0) is 24.5 Å². The van der Waals surface area contributed by atoms with Gasteiger partial charge in [-0.25, -0.2) is 0 Å². The second kappa shape index (κ2) is 5.44. The summed E-state index contributed by atoms with van der Waals surface area (Å²) in [5.74, 6) is -1.09. The molecule has 110 valence electrons. The molecule has 1 aliphatic heterocycles. The number of aliphatic carboxylic acids is 1. The molecule has 6 heteroatoms. The van der Waals surface area contributed by atoms with Gasteiger partial charge < -0.3 is 9.84 Å². The van der Waals surface area contributed by atoms with Gasteiger partial charge in [0.2, 0.25) is 0 Å². The molecular weight excluding hydrogens is 273 g/mol. The van der Waals surface area contributed by atoms with Crippen LogP contribution in [-0.2, 0) is 21.1 Å². The SMILES string of the molecule is O=C(O)CC1(c2ccccc2C(F)(F)F)CCOCC1. The molecule has 0 radical (unpaired) electrons. The minimum Gasteiger partial charge on any atom is -0.481 e. The van der Waals surface area contributed by atoms with E-state index >= 15 is 0 Å². The lowest BCUT2D eigenvalue weighted by molar-refractivity contribution is -0.143. The van der Waals surface area contributed by atoms with Crippen LogP contribution in [0.5, 0.6) is 0 Å². The Balaban J connectivity index is 2.51. The molecule has 1 saturated heterocycles. The average molecular weight is 288 g/mol. The molecule has 0 saturated carbocycles. The molecule has 1 N–H and O–H groups in total. The fraction of sp³-hybridized carbons (Fsp3) is 0.500. The zero-order valence-electron chi connectivity index (χ0n) is 10.7. The molecule has 0 aromatic heterocycles. The Hall–Kier alpha value is -1.56. The number of ether oxygens (including phenoxy) is 1. The van der Waals surface area contributed by atoms with Crippen LogP contribution in [0.1, 0.15) is 30.4 Å². The van der Waals surface area contributed by atoms with E-state index in [2.05, 4.69) is 0 Å². The molecule has 20 heavy (non-hydrogen) atoms. The van der Waals surface area contributed by atoms with Crippen LogP contribution in [0.4, 0.5) is 13.2 Å². The van der Waals surface area contributed by atoms with E-state index in [1.807, 2.05) is 0 Å². The maximum atomic E-state index is 13.1. The maximum Gasteiger partial charge on any atom is 0.416 e. The van der Waals surface area contributed by atoms with Gasteiger partial charge >= 0.3 is 12.1 Å². The number of benzene rings is 1.